The van der Waals surface area contributed by atoms with Crippen LogP contribution in [-0.4, -0.2) is 49.1 Å². The van der Waals surface area contributed by atoms with Crippen molar-refractivity contribution in [3.05, 3.63) is 34.3 Å². The number of amides is 1. The molecule has 0 bridgehead atoms. The van der Waals surface area contributed by atoms with Gasteiger partial charge in [-0.05, 0) is 33.5 Å². The van der Waals surface area contributed by atoms with E-state index in [4.69, 9.17) is 5.11 Å². The fourth-order valence-electron chi connectivity index (χ4n) is 1.57. The molecule has 0 aliphatic rings. The van der Waals surface area contributed by atoms with Crippen LogP contribution in [0.25, 0.3) is 6.08 Å². The fraction of sp³-hybridized carbons (Fsp3) is 0.250. The first-order valence-corrected chi connectivity index (χ1v) is 6.85. The first-order chi connectivity index (χ1) is 10.0. The number of aliphatic carboxylic acids is 1. The van der Waals surface area contributed by atoms with Gasteiger partial charge in [-0.25, -0.2) is 9.48 Å². The minimum absolute atomic E-state index is 0.0840. The largest absolute Gasteiger partial charge is 0.478 e. The maximum absolute atomic E-state index is 12.0. The Morgan fingerprint density at radius 1 is 1.52 bits per heavy atom. The number of hydrogen-bond acceptors (Lipinski definition) is 6. The summed E-state index contributed by atoms with van der Waals surface area (Å²) in [5.41, 5.74) is 0.804. The van der Waals surface area contributed by atoms with Crippen molar-refractivity contribution in [1.29, 1.82) is 0 Å². The van der Waals surface area contributed by atoms with Gasteiger partial charge in [0.05, 0.1) is 6.54 Å². The normalized spacial score (nSPS) is 10.9. The molecule has 0 radical (unpaired) electrons. The summed E-state index contributed by atoms with van der Waals surface area (Å²) in [5, 5.41) is 21.0. The zero-order chi connectivity index (χ0) is 15.2. The molecule has 2 heterocycles. The molecule has 0 aromatic carbocycles. The molecule has 0 spiro atoms. The Morgan fingerprint density at radius 2 is 2.33 bits per heavy atom. The number of carboxylic acids is 1. The van der Waals surface area contributed by atoms with E-state index in [9.17, 15) is 9.59 Å². The number of aromatic nitrogens is 4. The molecule has 110 valence electrons. The van der Waals surface area contributed by atoms with Crippen molar-refractivity contribution in [2.75, 3.05) is 7.05 Å². The molecular weight excluding hydrogens is 294 g/mol. The summed E-state index contributed by atoms with van der Waals surface area (Å²) in [6.07, 6.45) is 3.98. The monoisotopic (exact) mass is 307 g/mol. The van der Waals surface area contributed by atoms with E-state index in [1.807, 2.05) is 11.4 Å². The number of rotatable bonds is 6. The SMILES string of the molecule is CN(Cc1cc(C=CC(=O)O)cs1)C(=O)Cn1cnnn1. The average Bonchev–Trinajstić information content (AvgIpc) is 3.08. The molecule has 0 saturated heterocycles. The Balaban J connectivity index is 1.91. The molecule has 0 unspecified atom stereocenters. The maximum atomic E-state index is 12.0. The third kappa shape index (κ3) is 4.49. The lowest BCUT2D eigenvalue weighted by Gasteiger charge is -2.15. The topological polar surface area (TPSA) is 101 Å². The van der Waals surface area contributed by atoms with Crippen LogP contribution in [0.15, 0.2) is 23.8 Å². The Hall–Kier alpha value is -2.55. The number of carbonyl (C=O) groups is 2. The second-order valence-corrected chi connectivity index (χ2v) is 5.27. The summed E-state index contributed by atoms with van der Waals surface area (Å²) < 4.78 is 1.36. The van der Waals surface area contributed by atoms with E-state index in [0.717, 1.165) is 16.5 Å². The molecular formula is C12H13N5O3S. The first kappa shape index (κ1) is 14.9. The standard InChI is InChI=1S/C12H13N5O3S/c1-16(11(18)6-17-8-13-14-15-17)5-10-4-9(7-21-10)2-3-12(19)20/h2-4,7-8H,5-6H2,1H3,(H,19,20). The van der Waals surface area contributed by atoms with Crippen molar-refractivity contribution in [1.82, 2.24) is 25.1 Å². The zero-order valence-corrected chi connectivity index (χ0v) is 12.0. The molecule has 1 amide bonds. The van der Waals surface area contributed by atoms with Crippen molar-refractivity contribution >= 4 is 29.3 Å². The molecule has 1 N–H and O–H groups in total. The Kier molecular flexibility index (Phi) is 4.77. The third-order valence-electron chi connectivity index (χ3n) is 2.60. The van der Waals surface area contributed by atoms with Crippen LogP contribution < -0.4 is 0 Å². The van der Waals surface area contributed by atoms with Crippen LogP contribution in [0.1, 0.15) is 10.4 Å². The summed E-state index contributed by atoms with van der Waals surface area (Å²) in [7, 11) is 1.69. The van der Waals surface area contributed by atoms with Gasteiger partial charge < -0.3 is 10.0 Å². The molecule has 2 aromatic rings. The number of carbonyl (C=O) groups excluding carboxylic acids is 1. The molecule has 8 nitrogen and oxygen atoms in total. The summed E-state index contributed by atoms with van der Waals surface area (Å²) in [4.78, 5) is 24.9. The van der Waals surface area contributed by atoms with E-state index in [2.05, 4.69) is 15.5 Å². The fourth-order valence-corrected chi connectivity index (χ4v) is 2.48. The van der Waals surface area contributed by atoms with Gasteiger partial charge in [-0.15, -0.1) is 16.4 Å². The number of likely N-dealkylation sites (N-methyl/N-ethyl adjacent to an activating group) is 1. The van der Waals surface area contributed by atoms with Gasteiger partial charge in [0.1, 0.15) is 12.9 Å². The van der Waals surface area contributed by atoms with Crippen LogP contribution in [0.2, 0.25) is 0 Å². The number of carboxylic acid groups (broad SMARTS) is 1. The summed E-state index contributed by atoms with van der Waals surface area (Å²) >= 11 is 1.47. The van der Waals surface area contributed by atoms with Crippen LogP contribution in [-0.2, 0) is 22.7 Å². The number of thiophene rings is 1. The molecule has 0 saturated carbocycles. The first-order valence-electron chi connectivity index (χ1n) is 5.98. The van der Waals surface area contributed by atoms with Crippen molar-refractivity contribution < 1.29 is 14.7 Å². The van der Waals surface area contributed by atoms with E-state index < -0.39 is 5.97 Å². The van der Waals surface area contributed by atoms with E-state index >= 15 is 0 Å². The summed E-state index contributed by atoms with van der Waals surface area (Å²) in [6.45, 7) is 0.535. The van der Waals surface area contributed by atoms with Gasteiger partial charge in [-0.2, -0.15) is 0 Å². The average molecular weight is 307 g/mol. The van der Waals surface area contributed by atoms with Gasteiger partial charge in [-0.1, -0.05) is 0 Å². The van der Waals surface area contributed by atoms with Crippen LogP contribution in [0.5, 0.6) is 0 Å². The van der Waals surface area contributed by atoms with Crippen molar-refractivity contribution in [3.63, 3.8) is 0 Å². The van der Waals surface area contributed by atoms with Crippen molar-refractivity contribution in [3.8, 4) is 0 Å². The minimum Gasteiger partial charge on any atom is -0.478 e. The molecule has 2 aromatic heterocycles. The molecule has 0 aliphatic heterocycles. The van der Waals surface area contributed by atoms with Crippen LogP contribution in [0.3, 0.4) is 0 Å². The van der Waals surface area contributed by atoms with Gasteiger partial charge >= 0.3 is 5.97 Å². The third-order valence-corrected chi connectivity index (χ3v) is 3.54. The number of hydrogen-bond donors (Lipinski definition) is 1. The lowest BCUT2D eigenvalue weighted by atomic mass is 10.3. The Bertz CT molecular complexity index is 650. The highest BCUT2D eigenvalue weighted by atomic mass is 32.1. The lowest BCUT2D eigenvalue weighted by molar-refractivity contribution is -0.132. The molecule has 2 rings (SSSR count). The van der Waals surface area contributed by atoms with Gasteiger partial charge in [0.2, 0.25) is 5.91 Å². The van der Waals surface area contributed by atoms with E-state index in [0.29, 0.717) is 6.54 Å². The van der Waals surface area contributed by atoms with Gasteiger partial charge in [0.15, 0.2) is 0 Å². The van der Waals surface area contributed by atoms with Gasteiger partial charge in [-0.3, -0.25) is 4.79 Å². The van der Waals surface area contributed by atoms with E-state index in [1.54, 1.807) is 11.9 Å². The second kappa shape index (κ2) is 6.75. The van der Waals surface area contributed by atoms with Crippen molar-refractivity contribution in [2.24, 2.45) is 0 Å². The summed E-state index contributed by atoms with van der Waals surface area (Å²) in [6, 6.07) is 1.85. The van der Waals surface area contributed by atoms with Gasteiger partial charge in [0, 0.05) is 18.0 Å². The van der Waals surface area contributed by atoms with E-state index in [-0.39, 0.29) is 12.5 Å². The Morgan fingerprint density at radius 3 is 3.00 bits per heavy atom. The quantitative estimate of drug-likeness (QED) is 0.779. The van der Waals surface area contributed by atoms with Gasteiger partial charge in [0.25, 0.3) is 0 Å². The molecule has 0 aliphatic carbocycles. The summed E-state index contributed by atoms with van der Waals surface area (Å²) in [5.74, 6) is -1.10. The molecule has 9 heteroatoms. The number of tetrazole rings is 1. The zero-order valence-electron chi connectivity index (χ0n) is 11.2. The van der Waals surface area contributed by atoms with Crippen LogP contribution in [0.4, 0.5) is 0 Å². The minimum atomic E-state index is -0.989. The lowest BCUT2D eigenvalue weighted by Crippen LogP contribution is -2.29. The number of nitrogens with zero attached hydrogens (tertiary/aromatic N) is 5. The highest BCUT2D eigenvalue weighted by Crippen LogP contribution is 2.17. The van der Waals surface area contributed by atoms with E-state index in [1.165, 1.54) is 28.4 Å². The van der Waals surface area contributed by atoms with Crippen LogP contribution >= 0.6 is 11.3 Å². The predicted molar refractivity (Wildman–Crippen MR) is 75.3 cm³/mol. The van der Waals surface area contributed by atoms with Crippen LogP contribution in [0, 0.1) is 0 Å². The maximum Gasteiger partial charge on any atom is 0.328 e. The molecule has 0 fully saturated rings. The highest BCUT2D eigenvalue weighted by molar-refractivity contribution is 7.10. The molecule has 0 atom stereocenters. The second-order valence-electron chi connectivity index (χ2n) is 4.28. The highest BCUT2D eigenvalue weighted by Gasteiger charge is 2.11. The smallest absolute Gasteiger partial charge is 0.328 e. The predicted octanol–water partition coefficient (Wildman–Crippen LogP) is 0.491. The van der Waals surface area contributed by atoms with Crippen molar-refractivity contribution in [2.45, 2.75) is 13.1 Å². The molecule has 21 heavy (non-hydrogen) atoms. The Labute approximate surface area is 124 Å².